The van der Waals surface area contributed by atoms with E-state index in [4.69, 9.17) is 24.3 Å². The number of carbonyl (C=O) groups excluding carboxylic acids is 3. The smallest absolute Gasteiger partial charge is 0.411 e. The van der Waals surface area contributed by atoms with Crippen molar-refractivity contribution in [2.75, 3.05) is 31.6 Å². The molecule has 52 heavy (non-hydrogen) atoms. The normalized spacial score (nSPS) is 15.8. The van der Waals surface area contributed by atoms with Crippen LogP contribution in [0.5, 0.6) is 5.75 Å². The van der Waals surface area contributed by atoms with Crippen LogP contribution in [0.1, 0.15) is 118 Å². The summed E-state index contributed by atoms with van der Waals surface area (Å²) in [5.41, 5.74) is -0.0515. The lowest BCUT2D eigenvalue weighted by Gasteiger charge is -2.41. The van der Waals surface area contributed by atoms with E-state index in [0.717, 1.165) is 37.9 Å². The maximum absolute atomic E-state index is 14.0. The molecule has 4 rings (SSSR count). The number of anilines is 1. The molecule has 3 amide bonds. The first-order valence-electron chi connectivity index (χ1n) is 18.5. The van der Waals surface area contributed by atoms with Gasteiger partial charge in [0, 0.05) is 24.7 Å². The van der Waals surface area contributed by atoms with Gasteiger partial charge in [0.25, 0.3) is 5.56 Å². The third-order valence-electron chi connectivity index (χ3n) is 8.73. The second-order valence-corrected chi connectivity index (χ2v) is 15.3. The number of nitrogens with zero attached hydrogens (tertiary/aromatic N) is 5. The molecule has 0 bridgehead atoms. The number of hydrogen-bond acceptors (Lipinski definition) is 9. The van der Waals surface area contributed by atoms with E-state index in [2.05, 4.69) is 24.1 Å². The van der Waals surface area contributed by atoms with Gasteiger partial charge < -0.3 is 29.4 Å². The van der Waals surface area contributed by atoms with Crippen molar-refractivity contribution in [3.8, 4) is 17.1 Å². The van der Waals surface area contributed by atoms with Crippen molar-refractivity contribution >= 4 is 29.3 Å². The second-order valence-electron chi connectivity index (χ2n) is 15.3. The minimum absolute atomic E-state index is 0.0654. The van der Waals surface area contributed by atoms with Crippen molar-refractivity contribution in [2.24, 2.45) is 0 Å². The molecule has 0 aliphatic carbocycles. The number of fused-ring (bicyclic) bond motifs is 1. The number of benzene rings is 1. The molecule has 1 saturated heterocycles. The number of aryl methyl sites for hydroxylation is 1. The molecule has 2 aromatic heterocycles. The number of ether oxygens (including phenoxy) is 3. The van der Waals surface area contributed by atoms with E-state index in [1.807, 2.05) is 13.8 Å². The molecule has 2 atom stereocenters. The Bertz CT molecular complexity index is 1790. The number of piperazine rings is 1. The van der Waals surface area contributed by atoms with Crippen molar-refractivity contribution in [1.82, 2.24) is 29.4 Å². The van der Waals surface area contributed by atoms with Crippen LogP contribution in [0.15, 0.2) is 23.0 Å². The Morgan fingerprint density at radius 1 is 0.981 bits per heavy atom. The van der Waals surface area contributed by atoms with Crippen LogP contribution in [0.4, 0.5) is 15.3 Å². The van der Waals surface area contributed by atoms with Gasteiger partial charge in [-0.25, -0.2) is 19.1 Å². The molecule has 1 aliphatic rings. The highest BCUT2D eigenvalue weighted by Crippen LogP contribution is 2.32. The number of hydrogen-bond donors (Lipinski definition) is 2. The molecular formula is C38H57N7O7. The van der Waals surface area contributed by atoms with Gasteiger partial charge in [0.1, 0.15) is 28.8 Å². The van der Waals surface area contributed by atoms with Gasteiger partial charge in [0.2, 0.25) is 5.91 Å². The summed E-state index contributed by atoms with van der Waals surface area (Å²) >= 11 is 0. The molecule has 2 unspecified atom stereocenters. The number of aromatic nitrogens is 4. The van der Waals surface area contributed by atoms with Gasteiger partial charge in [-0.15, -0.1) is 5.10 Å². The van der Waals surface area contributed by atoms with Gasteiger partial charge in [-0.05, 0) is 86.4 Å². The third-order valence-corrected chi connectivity index (χ3v) is 8.73. The lowest BCUT2D eigenvalue weighted by molar-refractivity contribution is -0.123. The van der Waals surface area contributed by atoms with Crippen molar-refractivity contribution in [2.45, 2.75) is 131 Å². The highest BCUT2D eigenvalue weighted by Gasteiger charge is 2.40. The minimum Gasteiger partial charge on any atom is -0.493 e. The van der Waals surface area contributed by atoms with Crippen LogP contribution < -0.4 is 15.6 Å². The molecule has 1 fully saturated rings. The molecule has 2 N–H and O–H groups in total. The van der Waals surface area contributed by atoms with Gasteiger partial charge in [-0.3, -0.25) is 14.5 Å². The monoisotopic (exact) mass is 723 g/mol. The summed E-state index contributed by atoms with van der Waals surface area (Å²) in [4.78, 5) is 64.4. The van der Waals surface area contributed by atoms with Gasteiger partial charge in [0.05, 0.1) is 24.4 Å². The zero-order valence-corrected chi connectivity index (χ0v) is 32.6. The lowest BCUT2D eigenvalue weighted by atomic mass is 9.97. The number of amides is 3. The van der Waals surface area contributed by atoms with E-state index in [0.29, 0.717) is 34.8 Å². The highest BCUT2D eigenvalue weighted by atomic mass is 16.6. The van der Waals surface area contributed by atoms with Crippen LogP contribution in [0.3, 0.4) is 0 Å². The number of imidazole rings is 1. The number of unbranched alkanes of at least 4 members (excludes halogenated alkanes) is 3. The average Bonchev–Trinajstić information content (AvgIpc) is 3.39. The van der Waals surface area contributed by atoms with Gasteiger partial charge >= 0.3 is 12.2 Å². The molecule has 0 saturated carbocycles. The zero-order valence-electron chi connectivity index (χ0n) is 32.6. The Labute approximate surface area is 306 Å². The van der Waals surface area contributed by atoms with E-state index < -0.39 is 35.3 Å². The largest absolute Gasteiger partial charge is 0.493 e. The molecule has 3 aromatic rings. The summed E-state index contributed by atoms with van der Waals surface area (Å²) in [6.45, 7) is 19.0. The first-order chi connectivity index (χ1) is 24.5. The van der Waals surface area contributed by atoms with E-state index in [9.17, 15) is 19.2 Å². The molecule has 1 aliphatic heterocycles. The van der Waals surface area contributed by atoms with Crippen LogP contribution in [-0.2, 0) is 14.3 Å². The van der Waals surface area contributed by atoms with Crippen LogP contribution in [0, 0.1) is 6.92 Å². The number of nitrogens with one attached hydrogen (secondary N) is 2. The van der Waals surface area contributed by atoms with Crippen LogP contribution in [0.2, 0.25) is 0 Å². The molecular weight excluding hydrogens is 666 g/mol. The summed E-state index contributed by atoms with van der Waals surface area (Å²) in [6.07, 6.45) is 5.08. The zero-order chi connectivity index (χ0) is 38.4. The van der Waals surface area contributed by atoms with Crippen molar-refractivity contribution in [3.05, 3.63) is 40.1 Å². The minimum atomic E-state index is -1.08. The van der Waals surface area contributed by atoms with Crippen molar-refractivity contribution < 1.29 is 28.6 Å². The van der Waals surface area contributed by atoms with Crippen LogP contribution >= 0.6 is 0 Å². The topological polar surface area (TPSA) is 160 Å². The maximum atomic E-state index is 14.0. The Kier molecular flexibility index (Phi) is 13.0. The first kappa shape index (κ1) is 40.2. The van der Waals surface area contributed by atoms with Crippen LogP contribution in [-0.4, -0.2) is 91.0 Å². The second kappa shape index (κ2) is 16.8. The Hall–Kier alpha value is -4.62. The van der Waals surface area contributed by atoms with E-state index in [1.165, 1.54) is 16.2 Å². The molecule has 1 aromatic carbocycles. The van der Waals surface area contributed by atoms with Gasteiger partial charge in [-0.1, -0.05) is 39.5 Å². The van der Waals surface area contributed by atoms with Crippen LogP contribution in [0.25, 0.3) is 16.9 Å². The Morgan fingerprint density at radius 2 is 1.67 bits per heavy atom. The Morgan fingerprint density at radius 3 is 2.31 bits per heavy atom. The fraction of sp³-hybridized carbons (Fsp3) is 0.632. The standard InChI is InChI=1S/C38H57N7O7/c1-11-14-15-16-17-25(12-2)32-39-24(4)30-34(47)41-31(42-45(30)32)27-22-26(18-19-29(27)50-13-3)40-33(46)28-23-43(35(48)51-37(5,6)7)20-21-44(28)36(49)52-38(8,9)10/h18-19,22,25,28H,11-17,20-21,23H2,1-10H3,(H,40,46)(H,41,42,47). The Balaban J connectivity index is 1.70. The molecule has 14 heteroatoms. The summed E-state index contributed by atoms with van der Waals surface area (Å²) in [5, 5.41) is 7.81. The quantitative estimate of drug-likeness (QED) is 0.187. The van der Waals surface area contributed by atoms with Gasteiger partial charge in [-0.2, -0.15) is 0 Å². The van der Waals surface area contributed by atoms with Crippen molar-refractivity contribution in [3.63, 3.8) is 0 Å². The lowest BCUT2D eigenvalue weighted by Crippen LogP contribution is -2.61. The predicted molar refractivity (Wildman–Crippen MR) is 200 cm³/mol. The van der Waals surface area contributed by atoms with Crippen molar-refractivity contribution in [1.29, 1.82) is 0 Å². The van der Waals surface area contributed by atoms with E-state index in [-0.39, 0.29) is 36.9 Å². The molecule has 286 valence electrons. The number of aromatic amines is 1. The fourth-order valence-electron chi connectivity index (χ4n) is 6.25. The number of carbonyl (C=O) groups is 3. The van der Waals surface area contributed by atoms with Gasteiger partial charge in [0.15, 0.2) is 11.3 Å². The van der Waals surface area contributed by atoms with E-state index >= 15 is 0 Å². The SMILES string of the molecule is CCCCCCC(CC)c1nc(C)c2c(=O)[nH]c(-c3cc(NC(=O)C4CN(C(=O)OC(C)(C)C)CCN4C(=O)OC(C)(C)C)ccc3OCC)nn12. The third kappa shape index (κ3) is 10.0. The molecule has 3 heterocycles. The first-order valence-corrected chi connectivity index (χ1v) is 18.5. The number of H-pyrrole nitrogens is 1. The average molecular weight is 724 g/mol. The highest BCUT2D eigenvalue weighted by molar-refractivity contribution is 5.98. The summed E-state index contributed by atoms with van der Waals surface area (Å²) < 4.78 is 18.8. The summed E-state index contributed by atoms with van der Waals surface area (Å²) in [7, 11) is 0. The van der Waals surface area contributed by atoms with E-state index in [1.54, 1.807) is 64.3 Å². The molecule has 14 nitrogen and oxygen atoms in total. The molecule has 0 spiro atoms. The fourth-order valence-corrected chi connectivity index (χ4v) is 6.25. The number of rotatable bonds is 12. The predicted octanol–water partition coefficient (Wildman–Crippen LogP) is 7.05. The summed E-state index contributed by atoms with van der Waals surface area (Å²) in [6, 6.07) is 3.96. The maximum Gasteiger partial charge on any atom is 0.411 e. The summed E-state index contributed by atoms with van der Waals surface area (Å²) in [5.74, 6) is 1.04. The molecule has 0 radical (unpaired) electrons.